The second-order valence-electron chi connectivity index (χ2n) is 10.2. The zero-order chi connectivity index (χ0) is 25.3. The van der Waals surface area contributed by atoms with Crippen LogP contribution in [0.25, 0.3) is 11.4 Å². The van der Waals surface area contributed by atoms with Crippen molar-refractivity contribution in [1.29, 1.82) is 5.26 Å². The molecular weight excluding hydrogens is 468 g/mol. The molecule has 0 bridgehead atoms. The number of piperidine rings is 1. The molecule has 1 saturated heterocycles. The molecule has 1 fully saturated rings. The molecule has 0 unspecified atom stereocenters. The van der Waals surface area contributed by atoms with Gasteiger partial charge in [0.1, 0.15) is 22.7 Å². The number of aromatic nitrogens is 2. The van der Waals surface area contributed by atoms with Gasteiger partial charge in [0.25, 0.3) is 0 Å². The molecule has 0 atom stereocenters. The van der Waals surface area contributed by atoms with E-state index in [1.165, 1.54) is 12.4 Å². The smallest absolute Gasteiger partial charge is 0.410 e. The summed E-state index contributed by atoms with van der Waals surface area (Å²) in [6.45, 7) is 6.81. The summed E-state index contributed by atoms with van der Waals surface area (Å²) in [6.07, 6.45) is 5.92. The zero-order valence-electron chi connectivity index (χ0n) is 20.3. The number of ether oxygens (including phenoxy) is 2. The summed E-state index contributed by atoms with van der Waals surface area (Å²) >= 11 is 0. The Hall–Kier alpha value is -3.19. The Morgan fingerprint density at radius 1 is 1.20 bits per heavy atom. The lowest BCUT2D eigenvalue weighted by atomic mass is 9.83. The molecule has 1 spiro atoms. The van der Waals surface area contributed by atoms with Crippen LogP contribution in [0.1, 0.15) is 51.2 Å². The third-order valence-electron chi connectivity index (χ3n) is 6.20. The van der Waals surface area contributed by atoms with Gasteiger partial charge in [-0.3, -0.25) is 0 Å². The van der Waals surface area contributed by atoms with Crippen molar-refractivity contribution in [3.8, 4) is 23.2 Å². The van der Waals surface area contributed by atoms with Crippen LogP contribution in [0.4, 0.5) is 4.79 Å². The Bertz CT molecular complexity index is 1240. The Kier molecular flexibility index (Phi) is 6.73. The third-order valence-corrected chi connectivity index (χ3v) is 7.54. The summed E-state index contributed by atoms with van der Waals surface area (Å²) in [5.74, 6) is 0.553. The van der Waals surface area contributed by atoms with E-state index in [-0.39, 0.29) is 17.4 Å². The molecule has 1 aromatic carbocycles. The van der Waals surface area contributed by atoms with Crippen molar-refractivity contribution >= 4 is 15.9 Å². The van der Waals surface area contributed by atoms with E-state index < -0.39 is 21.2 Å². The van der Waals surface area contributed by atoms with Gasteiger partial charge in [-0.2, -0.15) is 5.26 Å². The van der Waals surface area contributed by atoms with Gasteiger partial charge in [-0.1, -0.05) is 0 Å². The van der Waals surface area contributed by atoms with Crippen LogP contribution in [-0.2, 0) is 26.7 Å². The Morgan fingerprint density at radius 2 is 1.89 bits per heavy atom. The predicted octanol–water partition coefficient (Wildman–Crippen LogP) is 3.68. The van der Waals surface area contributed by atoms with Gasteiger partial charge in [-0.05, 0) is 57.4 Å². The van der Waals surface area contributed by atoms with Crippen molar-refractivity contribution in [2.75, 3.05) is 18.8 Å². The van der Waals surface area contributed by atoms with Crippen molar-refractivity contribution in [2.45, 2.75) is 63.4 Å². The van der Waals surface area contributed by atoms with E-state index in [9.17, 15) is 13.2 Å². The van der Waals surface area contributed by atoms with Crippen LogP contribution in [0.5, 0.6) is 5.75 Å². The van der Waals surface area contributed by atoms with E-state index in [1.807, 2.05) is 39.0 Å². The summed E-state index contributed by atoms with van der Waals surface area (Å²) in [6, 6.07) is 7.51. The van der Waals surface area contributed by atoms with E-state index in [4.69, 9.17) is 14.7 Å². The van der Waals surface area contributed by atoms with Crippen molar-refractivity contribution in [3.63, 3.8) is 0 Å². The highest BCUT2D eigenvalue weighted by molar-refractivity contribution is 7.90. The SMILES string of the molecule is CC(C)(C)OC(=O)N1CCC2(CCc3cc(-c4ncc(CS(=O)(=O)CC#N)cn4)ccc3O2)CC1. The summed E-state index contributed by atoms with van der Waals surface area (Å²) in [5, 5.41) is 8.63. The maximum absolute atomic E-state index is 12.4. The van der Waals surface area contributed by atoms with Crippen LogP contribution < -0.4 is 4.74 Å². The molecule has 9 nitrogen and oxygen atoms in total. The number of likely N-dealkylation sites (tertiary alicyclic amines) is 1. The number of aryl methyl sites for hydroxylation is 1. The lowest BCUT2D eigenvalue weighted by Gasteiger charge is -2.44. The Morgan fingerprint density at radius 3 is 2.51 bits per heavy atom. The molecule has 0 radical (unpaired) electrons. The average Bonchev–Trinajstić information content (AvgIpc) is 2.78. The van der Waals surface area contributed by atoms with Gasteiger partial charge in [0.15, 0.2) is 15.7 Å². The first kappa shape index (κ1) is 24.9. The van der Waals surface area contributed by atoms with Crippen LogP contribution in [0.2, 0.25) is 0 Å². The second kappa shape index (κ2) is 9.46. The van der Waals surface area contributed by atoms with E-state index in [1.54, 1.807) is 11.0 Å². The lowest BCUT2D eigenvalue weighted by Crippen LogP contribution is -2.52. The quantitative estimate of drug-likeness (QED) is 0.626. The fourth-order valence-corrected chi connectivity index (χ4v) is 5.37. The van der Waals surface area contributed by atoms with E-state index >= 15 is 0 Å². The monoisotopic (exact) mass is 498 g/mol. The first-order valence-corrected chi connectivity index (χ1v) is 13.5. The highest BCUT2D eigenvalue weighted by Crippen LogP contribution is 2.40. The van der Waals surface area contributed by atoms with Gasteiger partial charge < -0.3 is 14.4 Å². The normalized spacial score (nSPS) is 17.3. The summed E-state index contributed by atoms with van der Waals surface area (Å²) in [5.41, 5.74) is 1.56. The molecule has 0 saturated carbocycles. The molecule has 1 amide bonds. The molecule has 3 heterocycles. The fourth-order valence-electron chi connectivity index (χ4n) is 4.42. The van der Waals surface area contributed by atoms with Crippen molar-refractivity contribution in [2.24, 2.45) is 0 Å². The molecule has 2 aliphatic rings. The van der Waals surface area contributed by atoms with Crippen LogP contribution in [0.3, 0.4) is 0 Å². The molecule has 2 aromatic rings. The summed E-state index contributed by atoms with van der Waals surface area (Å²) in [7, 11) is -3.49. The Balaban J connectivity index is 1.40. The van der Waals surface area contributed by atoms with Crippen molar-refractivity contribution in [3.05, 3.63) is 41.7 Å². The first-order chi connectivity index (χ1) is 16.5. The number of sulfone groups is 1. The molecule has 0 aliphatic carbocycles. The number of fused-ring (bicyclic) bond motifs is 1. The van der Waals surface area contributed by atoms with Crippen molar-refractivity contribution in [1.82, 2.24) is 14.9 Å². The number of hydrogen-bond donors (Lipinski definition) is 0. The summed E-state index contributed by atoms with van der Waals surface area (Å²) < 4.78 is 35.6. The van der Waals surface area contributed by atoms with Gasteiger partial charge >= 0.3 is 6.09 Å². The zero-order valence-corrected chi connectivity index (χ0v) is 21.1. The minimum atomic E-state index is -3.49. The molecular formula is C25H30N4O5S. The standard InChI is InChI=1S/C25H30N4O5S/c1-24(2,3)34-23(30)29-11-8-25(9-12-29)7-6-19-14-20(4-5-21(19)33-25)22-27-15-18(16-28-22)17-35(31,32)13-10-26/h4-5,14-16H,6-9,11-13,17H2,1-3H3. The molecule has 1 aromatic heterocycles. The number of carbonyl (C=O) groups excluding carboxylic acids is 1. The predicted molar refractivity (Wildman–Crippen MR) is 129 cm³/mol. The van der Waals surface area contributed by atoms with Gasteiger partial charge in [0.05, 0.1) is 11.8 Å². The number of rotatable bonds is 4. The number of carbonyl (C=O) groups is 1. The minimum Gasteiger partial charge on any atom is -0.487 e. The minimum absolute atomic E-state index is 0.258. The highest BCUT2D eigenvalue weighted by Gasteiger charge is 2.41. The lowest BCUT2D eigenvalue weighted by molar-refractivity contribution is -0.0272. The Labute approximate surface area is 206 Å². The van der Waals surface area contributed by atoms with Gasteiger partial charge in [0.2, 0.25) is 0 Å². The molecule has 35 heavy (non-hydrogen) atoms. The van der Waals surface area contributed by atoms with Crippen molar-refractivity contribution < 1.29 is 22.7 Å². The van der Waals surface area contributed by atoms with Crippen LogP contribution in [0, 0.1) is 11.3 Å². The van der Waals surface area contributed by atoms with E-state index in [0.29, 0.717) is 24.5 Å². The summed E-state index contributed by atoms with van der Waals surface area (Å²) in [4.78, 5) is 22.8. The molecule has 2 aliphatic heterocycles. The van der Waals surface area contributed by atoms with E-state index in [2.05, 4.69) is 9.97 Å². The maximum Gasteiger partial charge on any atom is 0.410 e. The topological polar surface area (TPSA) is 122 Å². The largest absolute Gasteiger partial charge is 0.487 e. The molecule has 0 N–H and O–H groups in total. The van der Waals surface area contributed by atoms with Gasteiger partial charge in [0, 0.05) is 49.5 Å². The van der Waals surface area contributed by atoms with E-state index in [0.717, 1.165) is 42.6 Å². The van der Waals surface area contributed by atoms with Crippen LogP contribution in [-0.4, -0.2) is 59.4 Å². The third kappa shape index (κ3) is 6.09. The maximum atomic E-state index is 12.4. The second-order valence-corrected chi connectivity index (χ2v) is 12.2. The number of amides is 1. The van der Waals surface area contributed by atoms with Gasteiger partial charge in [-0.15, -0.1) is 0 Å². The van der Waals surface area contributed by atoms with Gasteiger partial charge in [-0.25, -0.2) is 23.2 Å². The molecule has 186 valence electrons. The number of nitriles is 1. The molecule has 4 rings (SSSR count). The number of benzene rings is 1. The number of nitrogens with zero attached hydrogens (tertiary/aromatic N) is 4. The van der Waals surface area contributed by atoms with Crippen LogP contribution in [0.15, 0.2) is 30.6 Å². The first-order valence-electron chi connectivity index (χ1n) is 11.7. The fraction of sp³-hybridized carbons (Fsp3) is 0.520. The molecule has 10 heteroatoms. The van der Waals surface area contributed by atoms with Crippen LogP contribution >= 0.6 is 0 Å². The highest BCUT2D eigenvalue weighted by atomic mass is 32.2. The average molecular weight is 499 g/mol. The number of hydrogen-bond acceptors (Lipinski definition) is 8.